The molecule has 0 aliphatic carbocycles. The van der Waals surface area contributed by atoms with Gasteiger partial charge >= 0.3 is 6.09 Å². The molecular formula is C3H5N3O4. The van der Waals surface area contributed by atoms with Crippen LogP contribution in [0.1, 0.15) is 6.92 Å². The molecule has 0 aliphatic rings. The van der Waals surface area contributed by atoms with Crippen molar-refractivity contribution in [3.63, 3.8) is 0 Å². The highest BCUT2D eigenvalue weighted by molar-refractivity contribution is 5.66. The third-order valence-electron chi connectivity index (χ3n) is 0.586. The molecular weight excluding hydrogens is 142 g/mol. The molecule has 10 heavy (non-hydrogen) atoms. The first-order chi connectivity index (χ1) is 4.76. The first-order valence-electron chi connectivity index (χ1n) is 2.39. The summed E-state index contributed by atoms with van der Waals surface area (Å²) in [5.41, 5.74) is 0. The average Bonchev–Trinajstić information content (AvgIpc) is 1.91. The zero-order valence-electron chi connectivity index (χ0n) is 5.18. The lowest BCUT2D eigenvalue weighted by Gasteiger charge is -2.00. The molecule has 0 bridgehead atoms. The Hall–Kier alpha value is -1.53. The summed E-state index contributed by atoms with van der Waals surface area (Å²) in [4.78, 5) is 29.4. The van der Waals surface area contributed by atoms with Crippen LogP contribution in [0, 0.1) is 9.81 Å². The second kappa shape index (κ2) is 4.36. The molecule has 0 atom stereocenters. The second-order valence-corrected chi connectivity index (χ2v) is 1.15. The first kappa shape index (κ1) is 8.47. The fourth-order valence-electron chi connectivity index (χ4n) is 0.263. The molecule has 0 unspecified atom stereocenters. The maximum atomic E-state index is 10.3. The van der Waals surface area contributed by atoms with Gasteiger partial charge in [-0.1, -0.05) is 0 Å². The summed E-state index contributed by atoms with van der Waals surface area (Å²) < 4.78 is 4.19. The fraction of sp³-hybridized carbons (Fsp3) is 0.667. The van der Waals surface area contributed by atoms with Crippen LogP contribution in [0.25, 0.3) is 0 Å². The summed E-state index contributed by atoms with van der Waals surface area (Å²) in [6, 6.07) is 0. The molecule has 0 fully saturated rings. The summed E-state index contributed by atoms with van der Waals surface area (Å²) >= 11 is 0. The largest absolute Gasteiger partial charge is 0.457 e. The van der Waals surface area contributed by atoms with E-state index >= 15 is 0 Å². The van der Waals surface area contributed by atoms with E-state index in [4.69, 9.17) is 0 Å². The average molecular weight is 147 g/mol. The van der Waals surface area contributed by atoms with Gasteiger partial charge in [0.25, 0.3) is 0 Å². The third kappa shape index (κ3) is 2.16. The van der Waals surface area contributed by atoms with Crippen LogP contribution in [-0.4, -0.2) is 17.8 Å². The van der Waals surface area contributed by atoms with Crippen molar-refractivity contribution in [3.8, 4) is 0 Å². The van der Waals surface area contributed by atoms with Gasteiger partial charge in [0.05, 0.1) is 17.2 Å². The van der Waals surface area contributed by atoms with Crippen LogP contribution < -0.4 is 0 Å². The summed E-state index contributed by atoms with van der Waals surface area (Å²) in [5, 5.41) is 3.69. The van der Waals surface area contributed by atoms with Crippen molar-refractivity contribution in [2.45, 2.75) is 6.92 Å². The van der Waals surface area contributed by atoms with Crippen molar-refractivity contribution < 1.29 is 9.53 Å². The Morgan fingerprint density at radius 3 is 2.30 bits per heavy atom. The first-order valence-corrected chi connectivity index (χ1v) is 2.39. The molecule has 7 heteroatoms. The van der Waals surface area contributed by atoms with Gasteiger partial charge in [-0.25, -0.2) is 4.79 Å². The molecule has 0 saturated carbocycles. The van der Waals surface area contributed by atoms with Crippen molar-refractivity contribution >= 4 is 6.09 Å². The Kier molecular flexibility index (Phi) is 3.69. The summed E-state index contributed by atoms with van der Waals surface area (Å²) in [6.45, 7) is 1.58. The SMILES string of the molecule is CCOC(=O)N(N=O)N=O. The summed E-state index contributed by atoms with van der Waals surface area (Å²) in [7, 11) is 0. The highest BCUT2D eigenvalue weighted by atomic mass is 16.6. The molecule has 0 rings (SSSR count). The molecule has 1 amide bonds. The Morgan fingerprint density at radius 2 is 2.00 bits per heavy atom. The molecule has 7 nitrogen and oxygen atoms in total. The van der Waals surface area contributed by atoms with Crippen LogP contribution in [0.5, 0.6) is 0 Å². The zero-order chi connectivity index (χ0) is 7.98. The molecule has 0 aromatic rings. The van der Waals surface area contributed by atoms with E-state index in [1.165, 1.54) is 6.92 Å². The van der Waals surface area contributed by atoms with E-state index in [1.807, 2.05) is 10.6 Å². The number of ether oxygens (including phenoxy) is 1. The Bertz CT molecular complexity index is 139. The van der Waals surface area contributed by atoms with Gasteiger partial charge in [0.1, 0.15) is 0 Å². The Morgan fingerprint density at radius 1 is 1.50 bits per heavy atom. The van der Waals surface area contributed by atoms with E-state index < -0.39 is 6.09 Å². The summed E-state index contributed by atoms with van der Waals surface area (Å²) in [6.07, 6.45) is -1.17. The molecule has 0 N–H and O–H groups in total. The molecule has 0 aromatic heterocycles. The number of carbonyl (C=O) groups excluding carboxylic acids is 1. The van der Waals surface area contributed by atoms with Crippen molar-refractivity contribution in [2.75, 3.05) is 6.61 Å². The van der Waals surface area contributed by atoms with Crippen LogP contribution in [0.4, 0.5) is 4.79 Å². The van der Waals surface area contributed by atoms with Gasteiger partial charge in [-0.2, -0.15) is 0 Å². The summed E-state index contributed by atoms with van der Waals surface area (Å²) in [5.74, 6) is 0. The molecule has 0 aliphatic heterocycles. The number of rotatable bonds is 3. The maximum Gasteiger partial charge on any atom is 0.457 e. The normalized spacial score (nSPS) is 8.10. The van der Waals surface area contributed by atoms with E-state index in [-0.39, 0.29) is 11.7 Å². The van der Waals surface area contributed by atoms with Gasteiger partial charge in [0, 0.05) is 0 Å². The predicted molar refractivity (Wildman–Crippen MR) is 30.5 cm³/mol. The lowest BCUT2D eigenvalue weighted by Crippen LogP contribution is -2.19. The van der Waals surface area contributed by atoms with E-state index in [2.05, 4.69) is 4.74 Å². The quantitative estimate of drug-likeness (QED) is 0.436. The minimum absolute atomic E-state index is 0.0559. The van der Waals surface area contributed by atoms with Crippen LogP contribution in [0.3, 0.4) is 0 Å². The molecule has 0 saturated heterocycles. The van der Waals surface area contributed by atoms with Crippen molar-refractivity contribution in [1.29, 1.82) is 0 Å². The highest BCUT2D eigenvalue weighted by Crippen LogP contribution is 1.93. The predicted octanol–water partition coefficient (Wildman–Crippen LogP) is 0.808. The van der Waals surface area contributed by atoms with Gasteiger partial charge < -0.3 is 4.74 Å². The number of nitroso groups, excluding NO2 is 2. The third-order valence-corrected chi connectivity index (χ3v) is 0.586. The van der Waals surface area contributed by atoms with Gasteiger partial charge in [0.2, 0.25) is 0 Å². The topological polar surface area (TPSA) is 88.4 Å². The zero-order valence-corrected chi connectivity index (χ0v) is 5.18. The fourth-order valence-corrected chi connectivity index (χ4v) is 0.263. The molecule has 0 radical (unpaired) electrons. The molecule has 56 valence electrons. The molecule has 0 heterocycles. The highest BCUT2D eigenvalue weighted by Gasteiger charge is 2.14. The maximum absolute atomic E-state index is 10.3. The number of hydrogen-bond donors (Lipinski definition) is 0. The van der Waals surface area contributed by atoms with Crippen LogP contribution in [0.2, 0.25) is 0 Å². The van der Waals surface area contributed by atoms with Crippen molar-refractivity contribution in [1.82, 2.24) is 5.12 Å². The minimum atomic E-state index is -1.17. The minimum Gasteiger partial charge on any atom is -0.447 e. The van der Waals surface area contributed by atoms with Gasteiger partial charge in [-0.3, -0.25) is 0 Å². The molecule has 0 spiro atoms. The monoisotopic (exact) mass is 147 g/mol. The Labute approximate surface area is 55.8 Å². The van der Waals surface area contributed by atoms with Crippen molar-refractivity contribution in [3.05, 3.63) is 9.81 Å². The number of hydrogen-bond acceptors (Lipinski definition) is 6. The van der Waals surface area contributed by atoms with Gasteiger partial charge in [-0.15, -0.1) is 9.81 Å². The van der Waals surface area contributed by atoms with E-state index in [0.717, 1.165) is 0 Å². The lowest BCUT2D eigenvalue weighted by atomic mass is 10.9. The Balaban J connectivity index is 3.88. The van der Waals surface area contributed by atoms with Crippen molar-refractivity contribution in [2.24, 2.45) is 10.6 Å². The lowest BCUT2D eigenvalue weighted by molar-refractivity contribution is 0.108. The van der Waals surface area contributed by atoms with E-state index in [9.17, 15) is 14.6 Å². The van der Waals surface area contributed by atoms with Crippen LogP contribution in [-0.2, 0) is 4.74 Å². The van der Waals surface area contributed by atoms with Crippen LogP contribution >= 0.6 is 0 Å². The standard InChI is InChI=1S/C3H5N3O4/c1-2-10-3(7)6(4-8)5-9/h2H2,1H3. The smallest absolute Gasteiger partial charge is 0.447 e. The number of nitrogens with zero attached hydrogens (tertiary/aromatic N) is 3. The number of amides is 1. The van der Waals surface area contributed by atoms with E-state index in [1.54, 1.807) is 0 Å². The van der Waals surface area contributed by atoms with Gasteiger partial charge in [-0.05, 0) is 12.0 Å². The second-order valence-electron chi connectivity index (χ2n) is 1.15. The van der Waals surface area contributed by atoms with Crippen LogP contribution in [0.15, 0.2) is 10.6 Å². The number of carbonyl (C=O) groups is 1. The van der Waals surface area contributed by atoms with Gasteiger partial charge in [0.15, 0.2) is 0 Å². The van der Waals surface area contributed by atoms with E-state index in [0.29, 0.717) is 0 Å². The molecule has 0 aromatic carbocycles.